The van der Waals surface area contributed by atoms with Crippen molar-refractivity contribution < 1.29 is 14.3 Å². The largest absolute Gasteiger partial charge is 0.360 e. The lowest BCUT2D eigenvalue weighted by Crippen LogP contribution is -2.45. The summed E-state index contributed by atoms with van der Waals surface area (Å²) in [7, 11) is 1.80. The van der Waals surface area contributed by atoms with Crippen molar-refractivity contribution in [3.05, 3.63) is 60.5 Å². The average molecular weight is 407 g/mol. The van der Waals surface area contributed by atoms with Crippen molar-refractivity contribution >= 4 is 11.8 Å². The van der Waals surface area contributed by atoms with Gasteiger partial charge in [-0.2, -0.15) is 0 Å². The molecule has 2 amide bonds. The Morgan fingerprint density at radius 1 is 1.40 bits per heavy atom. The second-order valence-electron chi connectivity index (χ2n) is 8.38. The summed E-state index contributed by atoms with van der Waals surface area (Å²) in [4.78, 5) is 38.5. The minimum atomic E-state index is -0.688. The van der Waals surface area contributed by atoms with E-state index in [0.29, 0.717) is 26.2 Å². The van der Waals surface area contributed by atoms with Gasteiger partial charge in [0.15, 0.2) is 0 Å². The Labute approximate surface area is 175 Å². The van der Waals surface area contributed by atoms with E-state index in [-0.39, 0.29) is 17.9 Å². The highest BCUT2D eigenvalue weighted by Gasteiger charge is 2.67. The Morgan fingerprint density at radius 2 is 2.27 bits per heavy atom. The molecule has 2 aromatic rings. The topological polar surface area (TPSA) is 80.6 Å². The van der Waals surface area contributed by atoms with Crippen LogP contribution < -0.4 is 0 Å². The fourth-order valence-electron chi connectivity index (χ4n) is 4.97. The van der Waals surface area contributed by atoms with Crippen molar-refractivity contribution in [3.63, 3.8) is 0 Å². The normalized spacial score (nSPS) is 28.9. The van der Waals surface area contributed by atoms with E-state index in [0.717, 1.165) is 11.4 Å². The van der Waals surface area contributed by atoms with Gasteiger partial charge in [-0.05, 0) is 18.6 Å². The third kappa shape index (κ3) is 2.94. The van der Waals surface area contributed by atoms with Crippen molar-refractivity contribution in [3.8, 4) is 0 Å². The first-order chi connectivity index (χ1) is 14.5. The molecule has 3 aliphatic heterocycles. The Balaban J connectivity index is 1.31. The number of amides is 2. The quantitative estimate of drug-likeness (QED) is 0.668. The van der Waals surface area contributed by atoms with Crippen LogP contribution in [0.5, 0.6) is 0 Å². The van der Waals surface area contributed by atoms with E-state index >= 15 is 0 Å². The van der Waals surface area contributed by atoms with Crippen LogP contribution in [0.25, 0.3) is 0 Å². The van der Waals surface area contributed by atoms with Gasteiger partial charge < -0.3 is 19.1 Å². The number of likely N-dealkylation sites (N-methyl/N-ethyl adjacent to an activating group) is 1. The maximum absolute atomic E-state index is 13.3. The molecule has 8 heteroatoms. The Kier molecular flexibility index (Phi) is 4.47. The van der Waals surface area contributed by atoms with Crippen LogP contribution in [0.2, 0.25) is 0 Å². The summed E-state index contributed by atoms with van der Waals surface area (Å²) < 4.78 is 8.24. The number of hydrogen-bond donors (Lipinski definition) is 0. The number of hydrogen-bond acceptors (Lipinski definition) is 5. The van der Waals surface area contributed by atoms with Crippen molar-refractivity contribution in [2.24, 2.45) is 11.8 Å². The first-order valence-corrected chi connectivity index (χ1v) is 10.3. The predicted molar refractivity (Wildman–Crippen MR) is 108 cm³/mol. The van der Waals surface area contributed by atoms with Gasteiger partial charge in [-0.3, -0.25) is 14.6 Å². The van der Waals surface area contributed by atoms with Gasteiger partial charge in [0.05, 0.1) is 24.5 Å². The van der Waals surface area contributed by atoms with E-state index in [2.05, 4.69) is 9.97 Å². The summed E-state index contributed by atoms with van der Waals surface area (Å²) in [6.45, 7) is 4.10. The predicted octanol–water partition coefficient (Wildman–Crippen LogP) is 1.03. The molecule has 5 heterocycles. The molecule has 0 radical (unpaired) electrons. The van der Waals surface area contributed by atoms with Crippen LogP contribution in [0.4, 0.5) is 0 Å². The first-order valence-electron chi connectivity index (χ1n) is 10.3. The van der Waals surface area contributed by atoms with Crippen molar-refractivity contribution in [1.82, 2.24) is 24.3 Å². The molecule has 2 unspecified atom stereocenters. The number of likely N-dealkylation sites (tertiary alicyclic amines) is 1. The maximum atomic E-state index is 13.3. The van der Waals surface area contributed by atoms with E-state index in [9.17, 15) is 9.59 Å². The zero-order valence-electron chi connectivity index (χ0n) is 17.1. The summed E-state index contributed by atoms with van der Waals surface area (Å²) in [6.07, 6.45) is 10.8. The summed E-state index contributed by atoms with van der Waals surface area (Å²) in [6, 6.07) is 3.81. The fraction of sp³-hybridized carbons (Fsp3) is 0.455. The number of ether oxygens (including phenoxy) is 1. The van der Waals surface area contributed by atoms with Crippen LogP contribution in [-0.2, 0) is 27.4 Å². The molecule has 2 aromatic heterocycles. The molecule has 0 N–H and O–H groups in total. The number of imidazole rings is 1. The maximum Gasteiger partial charge on any atom is 0.230 e. The third-order valence-corrected chi connectivity index (χ3v) is 6.54. The number of carbonyl (C=O) groups is 2. The molecule has 2 bridgehead atoms. The van der Waals surface area contributed by atoms with Gasteiger partial charge in [-0.1, -0.05) is 18.2 Å². The van der Waals surface area contributed by atoms with Crippen LogP contribution in [0.15, 0.2) is 49.1 Å². The van der Waals surface area contributed by atoms with Crippen LogP contribution in [0.3, 0.4) is 0 Å². The van der Waals surface area contributed by atoms with Gasteiger partial charge in [-0.25, -0.2) is 4.98 Å². The highest BCUT2D eigenvalue weighted by atomic mass is 16.5. The van der Waals surface area contributed by atoms with E-state index in [1.807, 2.05) is 42.0 Å². The van der Waals surface area contributed by atoms with Gasteiger partial charge in [0.2, 0.25) is 11.8 Å². The number of rotatable bonds is 6. The molecule has 156 valence electrons. The SMILES string of the molecule is Cc1nccn1CCN(C)C(=O)C1C2C(=O)N(Cc3cccnc3)C[C@]23C=C[C@H]1O3. The zero-order chi connectivity index (χ0) is 20.9. The minimum absolute atomic E-state index is 0.0112. The molecular weight excluding hydrogens is 382 g/mol. The average Bonchev–Trinajstić information content (AvgIpc) is 3.48. The van der Waals surface area contributed by atoms with Crippen molar-refractivity contribution in [2.45, 2.75) is 31.7 Å². The highest BCUT2D eigenvalue weighted by Crippen LogP contribution is 2.52. The van der Waals surface area contributed by atoms with Gasteiger partial charge in [0.25, 0.3) is 0 Å². The Bertz CT molecular complexity index is 1000. The van der Waals surface area contributed by atoms with Gasteiger partial charge in [-0.15, -0.1) is 0 Å². The number of aromatic nitrogens is 3. The van der Waals surface area contributed by atoms with Gasteiger partial charge in [0, 0.05) is 51.5 Å². The molecule has 3 aliphatic rings. The third-order valence-electron chi connectivity index (χ3n) is 6.54. The monoisotopic (exact) mass is 407 g/mol. The number of nitrogens with zero attached hydrogens (tertiary/aromatic N) is 5. The molecule has 8 nitrogen and oxygen atoms in total. The molecule has 0 saturated carbocycles. The molecular formula is C22H25N5O3. The van der Waals surface area contributed by atoms with E-state index in [1.165, 1.54) is 0 Å². The standard InChI is InChI=1S/C22H25N5O3/c1-15-24-8-9-26(15)11-10-25(2)20(28)18-17-5-6-22(30-17)14-27(21(29)19(18)22)13-16-4-3-7-23-12-16/h3-9,12,17-19H,10-11,13-14H2,1-2H3/t17-,18?,19?,22-/m1/s1. The smallest absolute Gasteiger partial charge is 0.230 e. The molecule has 4 atom stereocenters. The van der Waals surface area contributed by atoms with E-state index in [1.54, 1.807) is 35.4 Å². The first kappa shape index (κ1) is 19.0. The molecule has 5 rings (SSSR count). The summed E-state index contributed by atoms with van der Waals surface area (Å²) >= 11 is 0. The number of fused-ring (bicyclic) bond motifs is 1. The molecule has 1 spiro atoms. The summed E-state index contributed by atoms with van der Waals surface area (Å²) in [5, 5.41) is 0. The fourth-order valence-corrected chi connectivity index (χ4v) is 4.97. The number of aryl methyl sites for hydroxylation is 1. The van der Waals surface area contributed by atoms with Crippen LogP contribution >= 0.6 is 0 Å². The Morgan fingerprint density at radius 3 is 3.00 bits per heavy atom. The van der Waals surface area contributed by atoms with E-state index < -0.39 is 17.4 Å². The Hall–Kier alpha value is -3.00. The van der Waals surface area contributed by atoms with Crippen molar-refractivity contribution in [1.29, 1.82) is 0 Å². The molecule has 2 fully saturated rings. The second kappa shape index (κ2) is 7.05. The van der Waals surface area contributed by atoms with Crippen LogP contribution in [0.1, 0.15) is 11.4 Å². The highest BCUT2D eigenvalue weighted by molar-refractivity contribution is 5.93. The second-order valence-corrected chi connectivity index (χ2v) is 8.38. The molecule has 30 heavy (non-hydrogen) atoms. The lowest BCUT2D eigenvalue weighted by Gasteiger charge is -2.28. The lowest BCUT2D eigenvalue weighted by molar-refractivity contribution is -0.142. The van der Waals surface area contributed by atoms with Crippen LogP contribution in [-0.4, -0.2) is 68.0 Å². The number of carbonyl (C=O) groups excluding carboxylic acids is 2. The van der Waals surface area contributed by atoms with Gasteiger partial charge in [0.1, 0.15) is 11.4 Å². The zero-order valence-corrected chi connectivity index (χ0v) is 17.1. The molecule has 0 aliphatic carbocycles. The summed E-state index contributed by atoms with van der Waals surface area (Å²) in [5.41, 5.74) is 0.281. The molecule has 2 saturated heterocycles. The van der Waals surface area contributed by atoms with Crippen LogP contribution in [0, 0.1) is 18.8 Å². The van der Waals surface area contributed by atoms with Crippen molar-refractivity contribution in [2.75, 3.05) is 20.1 Å². The molecule has 0 aromatic carbocycles. The summed E-state index contributed by atoms with van der Waals surface area (Å²) in [5.74, 6) is -0.0733. The lowest BCUT2D eigenvalue weighted by atomic mass is 9.76. The number of pyridine rings is 1. The van der Waals surface area contributed by atoms with E-state index in [4.69, 9.17) is 4.74 Å². The minimum Gasteiger partial charge on any atom is -0.360 e. The van der Waals surface area contributed by atoms with Gasteiger partial charge >= 0.3 is 0 Å².